The highest BCUT2D eigenvalue weighted by Crippen LogP contribution is 2.26. The van der Waals surface area contributed by atoms with Crippen LogP contribution in [0.5, 0.6) is 0 Å². The number of nitrogens with zero attached hydrogens (tertiary/aromatic N) is 1. The Morgan fingerprint density at radius 1 is 1.12 bits per heavy atom. The highest BCUT2D eigenvalue weighted by Gasteiger charge is 2.08. The molecule has 1 atom stereocenters. The first-order valence-electron chi connectivity index (χ1n) is 5.89. The summed E-state index contributed by atoms with van der Waals surface area (Å²) in [5, 5.41) is 3.07. The predicted molar refractivity (Wildman–Crippen MR) is 74.2 cm³/mol. The monoisotopic (exact) mass is 246 g/mol. The van der Waals surface area contributed by atoms with E-state index in [-0.39, 0.29) is 6.04 Å². The van der Waals surface area contributed by atoms with E-state index in [1.54, 1.807) is 11.3 Å². The number of nitrogens with two attached hydrogens (primary N) is 1. The third-order valence-electron chi connectivity index (χ3n) is 2.78. The SMILES string of the molecule is CC(C)c1ccc(-c2csc(C(C)N)n2)cc1. The molecular weight excluding hydrogens is 228 g/mol. The summed E-state index contributed by atoms with van der Waals surface area (Å²) in [6, 6.07) is 8.63. The molecule has 17 heavy (non-hydrogen) atoms. The minimum absolute atomic E-state index is 0.0173. The Kier molecular flexibility index (Phi) is 3.60. The summed E-state index contributed by atoms with van der Waals surface area (Å²) >= 11 is 1.63. The number of thiazole rings is 1. The highest BCUT2D eigenvalue weighted by molar-refractivity contribution is 7.10. The normalized spacial score (nSPS) is 13.0. The molecule has 0 aliphatic rings. The van der Waals surface area contributed by atoms with Gasteiger partial charge >= 0.3 is 0 Å². The summed E-state index contributed by atoms with van der Waals surface area (Å²) in [5.74, 6) is 0.569. The molecule has 90 valence electrons. The Hall–Kier alpha value is -1.19. The van der Waals surface area contributed by atoms with Crippen molar-refractivity contribution in [3.8, 4) is 11.3 Å². The summed E-state index contributed by atoms with van der Waals surface area (Å²) in [6.45, 7) is 6.36. The average Bonchev–Trinajstić information content (AvgIpc) is 2.78. The molecule has 0 aliphatic carbocycles. The van der Waals surface area contributed by atoms with Crippen molar-refractivity contribution in [3.63, 3.8) is 0 Å². The summed E-state index contributed by atoms with van der Waals surface area (Å²) < 4.78 is 0. The molecule has 0 fully saturated rings. The molecule has 1 heterocycles. The lowest BCUT2D eigenvalue weighted by atomic mass is 10.0. The molecule has 0 bridgehead atoms. The Balaban J connectivity index is 2.27. The van der Waals surface area contributed by atoms with E-state index < -0.39 is 0 Å². The van der Waals surface area contributed by atoms with Gasteiger partial charge in [-0.2, -0.15) is 0 Å². The Morgan fingerprint density at radius 3 is 2.24 bits per heavy atom. The molecule has 0 amide bonds. The summed E-state index contributed by atoms with van der Waals surface area (Å²) in [5.41, 5.74) is 9.36. The van der Waals surface area contributed by atoms with Crippen LogP contribution in [0, 0.1) is 0 Å². The first kappa shape index (κ1) is 12.3. The minimum Gasteiger partial charge on any atom is -0.322 e. The van der Waals surface area contributed by atoms with Gasteiger partial charge in [0.2, 0.25) is 0 Å². The first-order valence-corrected chi connectivity index (χ1v) is 6.77. The predicted octanol–water partition coefficient (Wildman–Crippen LogP) is 3.95. The van der Waals surface area contributed by atoms with Crippen LogP contribution in [0.15, 0.2) is 29.6 Å². The molecule has 2 N–H and O–H groups in total. The molecule has 1 aromatic carbocycles. The van der Waals surface area contributed by atoms with E-state index in [4.69, 9.17) is 5.73 Å². The van der Waals surface area contributed by atoms with Gasteiger partial charge in [0.1, 0.15) is 5.01 Å². The van der Waals surface area contributed by atoms with Crippen molar-refractivity contribution in [2.75, 3.05) is 0 Å². The summed E-state index contributed by atoms with van der Waals surface area (Å²) in [4.78, 5) is 4.55. The molecule has 1 aromatic heterocycles. The minimum atomic E-state index is 0.0173. The molecule has 2 nitrogen and oxygen atoms in total. The zero-order valence-corrected chi connectivity index (χ0v) is 11.3. The Morgan fingerprint density at radius 2 is 1.76 bits per heavy atom. The van der Waals surface area contributed by atoms with Gasteiger partial charge < -0.3 is 5.73 Å². The average molecular weight is 246 g/mol. The molecule has 3 heteroatoms. The first-order chi connectivity index (χ1) is 8.08. The second-order valence-electron chi connectivity index (χ2n) is 4.64. The van der Waals surface area contributed by atoms with Crippen LogP contribution in [0.4, 0.5) is 0 Å². The largest absolute Gasteiger partial charge is 0.322 e. The van der Waals surface area contributed by atoms with Crippen molar-refractivity contribution < 1.29 is 0 Å². The summed E-state index contributed by atoms with van der Waals surface area (Å²) in [6.07, 6.45) is 0. The van der Waals surface area contributed by atoms with Crippen LogP contribution in [0.2, 0.25) is 0 Å². The van der Waals surface area contributed by atoms with E-state index in [1.165, 1.54) is 5.56 Å². The maximum Gasteiger partial charge on any atom is 0.110 e. The van der Waals surface area contributed by atoms with E-state index in [2.05, 4.69) is 48.5 Å². The van der Waals surface area contributed by atoms with Gasteiger partial charge in [0.25, 0.3) is 0 Å². The van der Waals surface area contributed by atoms with Gasteiger partial charge in [-0.15, -0.1) is 11.3 Å². The van der Waals surface area contributed by atoms with Crippen molar-refractivity contribution >= 4 is 11.3 Å². The molecule has 0 spiro atoms. The molecule has 2 rings (SSSR count). The van der Waals surface area contributed by atoms with Crippen molar-refractivity contribution in [3.05, 3.63) is 40.2 Å². The number of aromatic nitrogens is 1. The van der Waals surface area contributed by atoms with Gasteiger partial charge in [-0.05, 0) is 18.4 Å². The van der Waals surface area contributed by atoms with E-state index in [9.17, 15) is 0 Å². The topological polar surface area (TPSA) is 38.9 Å². The zero-order chi connectivity index (χ0) is 12.4. The lowest BCUT2D eigenvalue weighted by Gasteiger charge is -2.05. The lowest BCUT2D eigenvalue weighted by molar-refractivity contribution is 0.808. The molecule has 1 unspecified atom stereocenters. The maximum atomic E-state index is 5.82. The molecule has 0 aliphatic heterocycles. The lowest BCUT2D eigenvalue weighted by Crippen LogP contribution is -2.03. The number of hydrogen-bond acceptors (Lipinski definition) is 3. The van der Waals surface area contributed by atoms with Crippen molar-refractivity contribution in [1.82, 2.24) is 4.98 Å². The van der Waals surface area contributed by atoms with Crippen LogP contribution in [-0.4, -0.2) is 4.98 Å². The molecule has 0 saturated heterocycles. The fraction of sp³-hybridized carbons (Fsp3) is 0.357. The van der Waals surface area contributed by atoms with Crippen LogP contribution < -0.4 is 5.73 Å². The molecule has 0 radical (unpaired) electrons. The standard InChI is InChI=1S/C14H18N2S/c1-9(2)11-4-6-12(7-5-11)13-8-17-14(16-13)10(3)15/h4-10H,15H2,1-3H3. The number of benzene rings is 1. The summed E-state index contributed by atoms with van der Waals surface area (Å²) in [7, 11) is 0. The third-order valence-corrected chi connectivity index (χ3v) is 3.83. The number of hydrogen-bond donors (Lipinski definition) is 1. The van der Waals surface area contributed by atoms with Crippen LogP contribution in [0.3, 0.4) is 0 Å². The second-order valence-corrected chi connectivity index (χ2v) is 5.53. The van der Waals surface area contributed by atoms with Crippen LogP contribution in [0.1, 0.15) is 43.3 Å². The van der Waals surface area contributed by atoms with E-state index in [0.717, 1.165) is 16.3 Å². The second kappa shape index (κ2) is 4.98. The number of rotatable bonds is 3. The Bertz CT molecular complexity index is 483. The van der Waals surface area contributed by atoms with E-state index >= 15 is 0 Å². The highest BCUT2D eigenvalue weighted by atomic mass is 32.1. The van der Waals surface area contributed by atoms with E-state index in [1.807, 2.05) is 6.92 Å². The van der Waals surface area contributed by atoms with Gasteiger partial charge in [-0.3, -0.25) is 0 Å². The smallest absolute Gasteiger partial charge is 0.110 e. The van der Waals surface area contributed by atoms with Crippen LogP contribution in [-0.2, 0) is 0 Å². The van der Waals surface area contributed by atoms with E-state index in [0.29, 0.717) is 5.92 Å². The van der Waals surface area contributed by atoms with Crippen LogP contribution in [0.25, 0.3) is 11.3 Å². The molecule has 2 aromatic rings. The Labute approximate surface area is 107 Å². The van der Waals surface area contributed by atoms with Gasteiger partial charge in [0.05, 0.1) is 11.7 Å². The van der Waals surface area contributed by atoms with Gasteiger partial charge in [0.15, 0.2) is 0 Å². The quantitative estimate of drug-likeness (QED) is 0.890. The van der Waals surface area contributed by atoms with Crippen molar-refractivity contribution in [1.29, 1.82) is 0 Å². The van der Waals surface area contributed by atoms with Crippen LogP contribution >= 0.6 is 11.3 Å². The fourth-order valence-corrected chi connectivity index (χ4v) is 2.45. The zero-order valence-electron chi connectivity index (χ0n) is 10.5. The third kappa shape index (κ3) is 2.73. The van der Waals surface area contributed by atoms with Crippen molar-refractivity contribution in [2.45, 2.75) is 32.7 Å². The van der Waals surface area contributed by atoms with Gasteiger partial charge in [-0.25, -0.2) is 4.98 Å². The van der Waals surface area contributed by atoms with Gasteiger partial charge in [0, 0.05) is 10.9 Å². The molecular formula is C14H18N2S. The van der Waals surface area contributed by atoms with Crippen molar-refractivity contribution in [2.24, 2.45) is 5.73 Å². The maximum absolute atomic E-state index is 5.82. The van der Waals surface area contributed by atoms with Gasteiger partial charge in [-0.1, -0.05) is 38.1 Å². The molecule has 0 saturated carbocycles. The fourth-order valence-electron chi connectivity index (χ4n) is 1.67.